The maximum Gasteiger partial charge on any atom is 0.407 e. The van der Waals surface area contributed by atoms with Gasteiger partial charge in [-0.1, -0.05) is 0 Å². The number of aryl methyl sites for hydroxylation is 2. The fourth-order valence-corrected chi connectivity index (χ4v) is 3.17. The van der Waals surface area contributed by atoms with Gasteiger partial charge in [-0.3, -0.25) is 4.79 Å². The highest BCUT2D eigenvalue weighted by Gasteiger charge is 2.26. The fraction of sp³-hybridized carbons (Fsp3) is 0.474. The van der Waals surface area contributed by atoms with Crippen molar-refractivity contribution in [3.05, 3.63) is 35.2 Å². The lowest BCUT2D eigenvalue weighted by molar-refractivity contribution is 0.0686. The molecule has 1 atom stereocenters. The molecule has 2 heterocycles. The number of carbonyl (C=O) groups excluding carboxylic acids is 2. The number of likely N-dealkylation sites (tertiary alicyclic amines) is 1. The van der Waals surface area contributed by atoms with Gasteiger partial charge in [-0.15, -0.1) is 0 Å². The highest BCUT2D eigenvalue weighted by Crippen LogP contribution is 2.18. The van der Waals surface area contributed by atoms with Crippen LogP contribution in [-0.4, -0.2) is 52.6 Å². The smallest absolute Gasteiger partial charge is 0.407 e. The number of hydrogen-bond donors (Lipinski definition) is 1. The summed E-state index contributed by atoms with van der Waals surface area (Å²) in [6.07, 6.45) is 1.25. The van der Waals surface area contributed by atoms with Gasteiger partial charge in [0.2, 0.25) is 0 Å². The molecule has 0 unspecified atom stereocenters. The summed E-state index contributed by atoms with van der Waals surface area (Å²) in [7, 11) is 0. The Morgan fingerprint density at radius 2 is 1.96 bits per heavy atom. The lowest BCUT2D eigenvalue weighted by atomic mass is 10.0. The predicted molar refractivity (Wildman–Crippen MR) is 98.1 cm³/mol. The summed E-state index contributed by atoms with van der Waals surface area (Å²) in [5.74, 6) is -0.0534. The van der Waals surface area contributed by atoms with Crippen LogP contribution in [0.25, 0.3) is 11.0 Å². The Kier molecular flexibility index (Phi) is 5.35. The maximum absolute atomic E-state index is 12.9. The largest absolute Gasteiger partial charge is 0.450 e. The molecule has 1 aliphatic rings. The topological polar surface area (TPSA) is 84.4 Å². The lowest BCUT2D eigenvalue weighted by Crippen LogP contribution is -2.49. The van der Waals surface area contributed by atoms with E-state index in [2.05, 4.69) is 15.3 Å². The van der Waals surface area contributed by atoms with Crippen LogP contribution in [0.1, 0.15) is 41.5 Å². The average Bonchev–Trinajstić information content (AvgIpc) is 2.62. The van der Waals surface area contributed by atoms with E-state index in [1.54, 1.807) is 24.0 Å². The minimum atomic E-state index is -0.432. The molecule has 2 aromatic rings. The van der Waals surface area contributed by atoms with E-state index in [0.717, 1.165) is 35.3 Å². The zero-order valence-corrected chi connectivity index (χ0v) is 15.4. The molecule has 1 saturated heterocycles. The number of benzene rings is 1. The second-order valence-electron chi connectivity index (χ2n) is 6.55. The molecule has 0 radical (unpaired) electrons. The highest BCUT2D eigenvalue weighted by atomic mass is 16.5. The molecule has 0 saturated carbocycles. The van der Waals surface area contributed by atoms with Gasteiger partial charge in [0.25, 0.3) is 5.91 Å². The molecule has 1 N–H and O–H groups in total. The fourth-order valence-electron chi connectivity index (χ4n) is 3.17. The molecule has 1 fully saturated rings. The van der Waals surface area contributed by atoms with Crippen LogP contribution in [0.15, 0.2) is 18.2 Å². The predicted octanol–water partition coefficient (Wildman–Crippen LogP) is 2.60. The van der Waals surface area contributed by atoms with Gasteiger partial charge in [0.1, 0.15) is 0 Å². The number of fused-ring (bicyclic) bond motifs is 1. The van der Waals surface area contributed by atoms with Crippen LogP contribution >= 0.6 is 0 Å². The molecular formula is C19H24N4O3. The van der Waals surface area contributed by atoms with E-state index in [-0.39, 0.29) is 11.9 Å². The summed E-state index contributed by atoms with van der Waals surface area (Å²) in [6.45, 7) is 7.09. The summed E-state index contributed by atoms with van der Waals surface area (Å²) in [5, 5.41) is 2.82. The van der Waals surface area contributed by atoms with Crippen molar-refractivity contribution in [3.8, 4) is 0 Å². The monoisotopic (exact) mass is 356 g/mol. The Hall–Kier alpha value is -2.70. The molecule has 26 heavy (non-hydrogen) atoms. The molecule has 1 aromatic carbocycles. The van der Waals surface area contributed by atoms with Gasteiger partial charge >= 0.3 is 6.09 Å². The van der Waals surface area contributed by atoms with E-state index < -0.39 is 6.09 Å². The molecule has 1 aliphatic heterocycles. The highest BCUT2D eigenvalue weighted by molar-refractivity contribution is 5.97. The molecule has 0 spiro atoms. The second-order valence-corrected chi connectivity index (χ2v) is 6.55. The van der Waals surface area contributed by atoms with Crippen LogP contribution < -0.4 is 5.32 Å². The van der Waals surface area contributed by atoms with Gasteiger partial charge < -0.3 is 15.0 Å². The standard InChI is InChI=1S/C19H24N4O3/c1-4-26-19(25)22-15-6-5-9-23(11-15)18(24)14-7-8-16-17(10-14)21-13(3)12(2)20-16/h7-8,10,15H,4-6,9,11H2,1-3H3,(H,22,25)/t15-/m0/s1. The van der Waals surface area contributed by atoms with Gasteiger partial charge in [-0.25, -0.2) is 14.8 Å². The van der Waals surface area contributed by atoms with Crippen molar-refractivity contribution in [1.29, 1.82) is 0 Å². The van der Waals surface area contributed by atoms with E-state index in [9.17, 15) is 9.59 Å². The van der Waals surface area contributed by atoms with Gasteiger partial charge in [0.05, 0.1) is 29.0 Å². The first-order valence-corrected chi connectivity index (χ1v) is 8.95. The molecule has 2 amide bonds. The van der Waals surface area contributed by atoms with E-state index >= 15 is 0 Å². The average molecular weight is 356 g/mol. The number of rotatable bonds is 3. The molecule has 138 valence electrons. The number of hydrogen-bond acceptors (Lipinski definition) is 5. The quantitative estimate of drug-likeness (QED) is 0.914. The van der Waals surface area contributed by atoms with Crippen LogP contribution in [0.3, 0.4) is 0 Å². The third-order valence-corrected chi connectivity index (χ3v) is 4.63. The Balaban J connectivity index is 1.74. The van der Waals surface area contributed by atoms with Crippen molar-refractivity contribution in [2.24, 2.45) is 0 Å². The van der Waals surface area contributed by atoms with Crippen molar-refractivity contribution in [2.75, 3.05) is 19.7 Å². The molecule has 0 aliphatic carbocycles. The van der Waals surface area contributed by atoms with Crippen molar-refractivity contribution in [1.82, 2.24) is 20.2 Å². The van der Waals surface area contributed by atoms with Crippen LogP contribution in [-0.2, 0) is 4.74 Å². The van der Waals surface area contributed by atoms with Gasteiger partial charge in [-0.2, -0.15) is 0 Å². The number of nitrogens with zero attached hydrogens (tertiary/aromatic N) is 3. The summed E-state index contributed by atoms with van der Waals surface area (Å²) in [4.78, 5) is 35.3. The summed E-state index contributed by atoms with van der Waals surface area (Å²) < 4.78 is 4.93. The zero-order valence-electron chi connectivity index (χ0n) is 15.4. The van der Waals surface area contributed by atoms with Crippen molar-refractivity contribution < 1.29 is 14.3 Å². The number of carbonyl (C=O) groups is 2. The number of ether oxygens (including phenoxy) is 1. The first-order chi connectivity index (χ1) is 12.5. The normalized spacial score (nSPS) is 17.2. The van der Waals surface area contributed by atoms with Crippen molar-refractivity contribution in [3.63, 3.8) is 0 Å². The lowest BCUT2D eigenvalue weighted by Gasteiger charge is -2.33. The first kappa shape index (κ1) is 18.1. The summed E-state index contributed by atoms with van der Waals surface area (Å²) >= 11 is 0. The number of amides is 2. The molecule has 3 rings (SSSR count). The minimum Gasteiger partial charge on any atom is -0.450 e. The van der Waals surface area contributed by atoms with Crippen molar-refractivity contribution in [2.45, 2.75) is 39.7 Å². The molecule has 0 bridgehead atoms. The van der Waals surface area contributed by atoms with Gasteiger partial charge in [-0.05, 0) is 51.8 Å². The van der Waals surface area contributed by atoms with Crippen molar-refractivity contribution >= 4 is 23.0 Å². The Labute approximate surface area is 152 Å². The molecule has 7 nitrogen and oxygen atoms in total. The van der Waals surface area contributed by atoms with Crippen LogP contribution in [0.4, 0.5) is 4.79 Å². The second kappa shape index (κ2) is 7.68. The summed E-state index contributed by atoms with van der Waals surface area (Å²) in [6, 6.07) is 5.33. The number of alkyl carbamates (subject to hydrolysis) is 1. The Bertz CT molecular complexity index is 837. The molecule has 7 heteroatoms. The minimum absolute atomic E-state index is 0.0534. The first-order valence-electron chi connectivity index (χ1n) is 8.95. The van der Waals surface area contributed by atoms with E-state index in [1.807, 2.05) is 19.9 Å². The maximum atomic E-state index is 12.9. The van der Waals surface area contributed by atoms with E-state index in [1.165, 1.54) is 0 Å². The van der Waals surface area contributed by atoms with Crippen LogP contribution in [0, 0.1) is 13.8 Å². The third-order valence-electron chi connectivity index (χ3n) is 4.63. The number of nitrogens with one attached hydrogen (secondary N) is 1. The van der Waals surface area contributed by atoms with E-state index in [4.69, 9.17) is 4.74 Å². The van der Waals surface area contributed by atoms with E-state index in [0.29, 0.717) is 25.3 Å². The number of piperidine rings is 1. The summed E-state index contributed by atoms with van der Waals surface area (Å²) in [5.41, 5.74) is 3.84. The zero-order chi connectivity index (χ0) is 18.7. The molecule has 1 aromatic heterocycles. The van der Waals surface area contributed by atoms with Crippen LogP contribution in [0.5, 0.6) is 0 Å². The van der Waals surface area contributed by atoms with Gasteiger partial charge in [0, 0.05) is 24.7 Å². The van der Waals surface area contributed by atoms with Gasteiger partial charge in [0.15, 0.2) is 0 Å². The Morgan fingerprint density at radius 3 is 2.69 bits per heavy atom. The molecular weight excluding hydrogens is 332 g/mol. The SMILES string of the molecule is CCOC(=O)N[C@H]1CCCN(C(=O)c2ccc3nc(C)c(C)nc3c2)C1. The number of aromatic nitrogens is 2. The Morgan fingerprint density at radius 1 is 1.23 bits per heavy atom. The third kappa shape index (κ3) is 3.92. The van der Waals surface area contributed by atoms with Crippen LogP contribution in [0.2, 0.25) is 0 Å².